The van der Waals surface area contributed by atoms with Gasteiger partial charge in [-0.3, -0.25) is 0 Å². The summed E-state index contributed by atoms with van der Waals surface area (Å²) in [6.07, 6.45) is 12.4. The molecule has 0 aliphatic heterocycles. The van der Waals surface area contributed by atoms with Gasteiger partial charge in [0, 0.05) is 19.1 Å². The van der Waals surface area contributed by atoms with Gasteiger partial charge in [-0.1, -0.05) is 58.3 Å². The lowest BCUT2D eigenvalue weighted by atomic mass is 10.0. The van der Waals surface area contributed by atoms with Crippen molar-refractivity contribution < 1.29 is 8.85 Å². The Morgan fingerprint density at radius 3 is 1.39 bits per heavy atom. The van der Waals surface area contributed by atoms with Crippen LogP contribution in [0.5, 0.6) is 0 Å². The fraction of sp³-hybridized carbons (Fsp3) is 1.00. The molecular formula is C19H44O2Si2. The van der Waals surface area contributed by atoms with Gasteiger partial charge in [-0.25, -0.2) is 0 Å². The van der Waals surface area contributed by atoms with E-state index in [1.807, 2.05) is 0 Å². The Labute approximate surface area is 149 Å². The Balaban J connectivity index is 3.91. The standard InChI is InChI=1S/C19H44O2Si2/c1-8-9-10-11-12-13-14-15-16-19(17-20-22(2,3)4)18-21-23(5,6)7/h19H,8-18H2,1-7H3. The molecule has 140 valence electrons. The molecule has 0 aromatic rings. The molecule has 2 nitrogen and oxygen atoms in total. The normalized spacial score (nSPS) is 13.0. The van der Waals surface area contributed by atoms with Crippen molar-refractivity contribution in [2.24, 2.45) is 5.92 Å². The van der Waals surface area contributed by atoms with E-state index in [2.05, 4.69) is 46.2 Å². The van der Waals surface area contributed by atoms with Gasteiger partial charge in [-0.2, -0.15) is 0 Å². The minimum Gasteiger partial charge on any atom is -0.417 e. The first-order valence-electron chi connectivity index (χ1n) is 9.92. The van der Waals surface area contributed by atoms with Gasteiger partial charge in [0.05, 0.1) is 0 Å². The molecular weight excluding hydrogens is 316 g/mol. The lowest BCUT2D eigenvalue weighted by molar-refractivity contribution is 0.159. The van der Waals surface area contributed by atoms with Gasteiger partial charge in [-0.05, 0) is 45.7 Å². The molecule has 23 heavy (non-hydrogen) atoms. The van der Waals surface area contributed by atoms with Crippen molar-refractivity contribution in [1.82, 2.24) is 0 Å². The first-order valence-corrected chi connectivity index (χ1v) is 16.7. The molecule has 0 fully saturated rings. The minimum absolute atomic E-state index is 0.591. The minimum atomic E-state index is -1.41. The molecule has 0 unspecified atom stereocenters. The summed E-state index contributed by atoms with van der Waals surface area (Å²) in [4.78, 5) is 0. The molecule has 0 aliphatic rings. The smallest absolute Gasteiger partial charge is 0.183 e. The van der Waals surface area contributed by atoms with E-state index in [0.29, 0.717) is 5.92 Å². The van der Waals surface area contributed by atoms with E-state index in [4.69, 9.17) is 8.85 Å². The highest BCUT2D eigenvalue weighted by Crippen LogP contribution is 2.17. The first kappa shape index (κ1) is 23.4. The summed E-state index contributed by atoms with van der Waals surface area (Å²) < 4.78 is 12.3. The lowest BCUT2D eigenvalue weighted by Crippen LogP contribution is -2.33. The summed E-state index contributed by atoms with van der Waals surface area (Å²) in [5.41, 5.74) is 0. The maximum atomic E-state index is 6.15. The topological polar surface area (TPSA) is 18.5 Å². The Kier molecular flexibility index (Phi) is 12.9. The maximum absolute atomic E-state index is 6.15. The molecule has 0 N–H and O–H groups in total. The average molecular weight is 361 g/mol. The highest BCUT2D eigenvalue weighted by Gasteiger charge is 2.21. The molecule has 0 rings (SSSR count). The van der Waals surface area contributed by atoms with Gasteiger partial charge in [-0.15, -0.1) is 0 Å². The molecule has 0 saturated carbocycles. The molecule has 0 atom stereocenters. The van der Waals surface area contributed by atoms with Crippen molar-refractivity contribution in [2.75, 3.05) is 13.2 Å². The Hall–Kier alpha value is 0.354. The Morgan fingerprint density at radius 2 is 1.00 bits per heavy atom. The van der Waals surface area contributed by atoms with Crippen LogP contribution in [0.4, 0.5) is 0 Å². The van der Waals surface area contributed by atoms with E-state index >= 15 is 0 Å². The summed E-state index contributed by atoms with van der Waals surface area (Å²) >= 11 is 0. The third-order valence-corrected chi connectivity index (χ3v) is 6.04. The van der Waals surface area contributed by atoms with E-state index in [-0.39, 0.29) is 0 Å². The van der Waals surface area contributed by atoms with Crippen LogP contribution in [0.25, 0.3) is 0 Å². The molecule has 0 bridgehead atoms. The maximum Gasteiger partial charge on any atom is 0.183 e. The summed E-state index contributed by atoms with van der Waals surface area (Å²) in [6.45, 7) is 17.7. The van der Waals surface area contributed by atoms with Crippen LogP contribution in [-0.4, -0.2) is 29.8 Å². The second-order valence-corrected chi connectivity index (χ2v) is 18.0. The van der Waals surface area contributed by atoms with Crippen molar-refractivity contribution >= 4 is 16.6 Å². The largest absolute Gasteiger partial charge is 0.417 e. The second kappa shape index (κ2) is 12.7. The SMILES string of the molecule is CCCCCCCCCCC(CO[Si](C)(C)C)CO[Si](C)(C)C. The van der Waals surface area contributed by atoms with E-state index in [9.17, 15) is 0 Å². The highest BCUT2D eigenvalue weighted by atomic mass is 28.4. The lowest BCUT2D eigenvalue weighted by Gasteiger charge is -2.26. The van der Waals surface area contributed by atoms with Crippen LogP contribution >= 0.6 is 0 Å². The quantitative estimate of drug-likeness (QED) is 0.235. The molecule has 4 heteroatoms. The Morgan fingerprint density at radius 1 is 0.609 bits per heavy atom. The van der Waals surface area contributed by atoms with E-state index in [1.54, 1.807) is 0 Å². The van der Waals surface area contributed by atoms with Crippen LogP contribution in [0.15, 0.2) is 0 Å². The first-order chi connectivity index (χ1) is 10.6. The van der Waals surface area contributed by atoms with Crippen LogP contribution in [0.3, 0.4) is 0 Å². The van der Waals surface area contributed by atoms with Crippen molar-refractivity contribution in [2.45, 2.75) is 104 Å². The van der Waals surface area contributed by atoms with Crippen LogP contribution in [0.1, 0.15) is 64.7 Å². The molecule has 0 amide bonds. The summed E-state index contributed by atoms with van der Waals surface area (Å²) in [5.74, 6) is 0.591. The van der Waals surface area contributed by atoms with Gasteiger partial charge in [0.15, 0.2) is 16.6 Å². The van der Waals surface area contributed by atoms with Crippen LogP contribution in [0, 0.1) is 5.92 Å². The van der Waals surface area contributed by atoms with E-state index in [0.717, 1.165) is 13.2 Å². The van der Waals surface area contributed by atoms with Gasteiger partial charge < -0.3 is 8.85 Å². The van der Waals surface area contributed by atoms with Gasteiger partial charge in [0.1, 0.15) is 0 Å². The molecule has 0 spiro atoms. The molecule has 0 aliphatic carbocycles. The zero-order valence-electron chi connectivity index (χ0n) is 17.2. The predicted octanol–water partition coefficient (Wildman–Crippen LogP) is 6.84. The molecule has 0 radical (unpaired) electrons. The van der Waals surface area contributed by atoms with Gasteiger partial charge in [0.2, 0.25) is 0 Å². The van der Waals surface area contributed by atoms with Crippen LogP contribution < -0.4 is 0 Å². The third kappa shape index (κ3) is 18.5. The predicted molar refractivity (Wildman–Crippen MR) is 109 cm³/mol. The number of rotatable bonds is 15. The second-order valence-electron chi connectivity index (χ2n) is 8.98. The molecule has 0 heterocycles. The van der Waals surface area contributed by atoms with Gasteiger partial charge >= 0.3 is 0 Å². The Bertz CT molecular complexity index is 252. The van der Waals surface area contributed by atoms with E-state index < -0.39 is 16.6 Å². The zero-order chi connectivity index (χ0) is 17.8. The highest BCUT2D eigenvalue weighted by molar-refractivity contribution is 6.70. The fourth-order valence-corrected chi connectivity index (χ4v) is 3.99. The number of hydrogen-bond donors (Lipinski definition) is 0. The number of unbranched alkanes of at least 4 members (excludes halogenated alkanes) is 7. The van der Waals surface area contributed by atoms with Crippen molar-refractivity contribution in [3.8, 4) is 0 Å². The third-order valence-electron chi connectivity index (χ3n) is 3.97. The van der Waals surface area contributed by atoms with Crippen LogP contribution in [0.2, 0.25) is 39.3 Å². The van der Waals surface area contributed by atoms with Crippen molar-refractivity contribution in [3.05, 3.63) is 0 Å². The van der Waals surface area contributed by atoms with Gasteiger partial charge in [0.25, 0.3) is 0 Å². The summed E-state index contributed by atoms with van der Waals surface area (Å²) in [7, 11) is -2.82. The molecule has 0 aromatic carbocycles. The monoisotopic (exact) mass is 360 g/mol. The summed E-state index contributed by atoms with van der Waals surface area (Å²) in [6, 6.07) is 0. The van der Waals surface area contributed by atoms with Crippen molar-refractivity contribution in [3.63, 3.8) is 0 Å². The zero-order valence-corrected chi connectivity index (χ0v) is 19.2. The summed E-state index contributed by atoms with van der Waals surface area (Å²) in [5, 5.41) is 0. The molecule has 0 saturated heterocycles. The molecule has 0 aromatic heterocycles. The van der Waals surface area contributed by atoms with Crippen molar-refractivity contribution in [1.29, 1.82) is 0 Å². The fourth-order valence-electron chi connectivity index (χ4n) is 2.52. The number of hydrogen-bond acceptors (Lipinski definition) is 2. The van der Waals surface area contributed by atoms with E-state index in [1.165, 1.54) is 57.8 Å². The van der Waals surface area contributed by atoms with Crippen LogP contribution in [-0.2, 0) is 8.85 Å². The average Bonchev–Trinajstić information content (AvgIpc) is 2.41.